The monoisotopic (exact) mass is 346 g/mol. The molecule has 1 heterocycles. The van der Waals surface area contributed by atoms with Crippen molar-refractivity contribution < 1.29 is 9.59 Å². The van der Waals surface area contributed by atoms with Gasteiger partial charge in [-0.05, 0) is 30.5 Å². The molecular formula is C17H22N4O2S. The molecule has 0 aliphatic carbocycles. The summed E-state index contributed by atoms with van der Waals surface area (Å²) < 4.78 is 0. The van der Waals surface area contributed by atoms with Crippen LogP contribution in [0.5, 0.6) is 0 Å². The summed E-state index contributed by atoms with van der Waals surface area (Å²) in [6.07, 6.45) is 1.56. The van der Waals surface area contributed by atoms with Crippen molar-refractivity contribution in [3.63, 3.8) is 0 Å². The fourth-order valence-electron chi connectivity index (χ4n) is 2.18. The van der Waals surface area contributed by atoms with Gasteiger partial charge in [0.1, 0.15) is 0 Å². The van der Waals surface area contributed by atoms with Crippen molar-refractivity contribution in [2.45, 2.75) is 33.2 Å². The fourth-order valence-corrected chi connectivity index (χ4v) is 3.29. The van der Waals surface area contributed by atoms with Crippen LogP contribution in [-0.4, -0.2) is 28.7 Å². The minimum atomic E-state index is -0.152. The van der Waals surface area contributed by atoms with Crippen LogP contribution in [0, 0.1) is 0 Å². The topological polar surface area (TPSA) is 88.3 Å². The molecule has 0 radical (unpaired) electrons. The minimum Gasteiger partial charge on any atom is -0.399 e. The van der Waals surface area contributed by atoms with Crippen molar-refractivity contribution in [2.75, 3.05) is 18.1 Å². The minimum absolute atomic E-state index is 0.00559. The third-order valence-electron chi connectivity index (χ3n) is 3.61. The third kappa shape index (κ3) is 5.06. The normalized spacial score (nSPS) is 10.5. The standard InChI is InChI=1S/C17H22N4O2S/c1-11(22)19-17-20-15(16(24-17)10-21(3)12(2)23)9-6-13-4-7-14(18)8-5-13/h4-5,7-8H,6,9-10,18H2,1-3H3,(H,19,20,22). The van der Waals surface area contributed by atoms with Crippen molar-refractivity contribution >= 4 is 34.0 Å². The number of nitrogen functional groups attached to an aromatic ring is 1. The Morgan fingerprint density at radius 2 is 1.88 bits per heavy atom. The summed E-state index contributed by atoms with van der Waals surface area (Å²) in [5.41, 5.74) is 8.52. The maximum absolute atomic E-state index is 11.5. The predicted octanol–water partition coefficient (Wildman–Crippen LogP) is 2.45. The van der Waals surface area contributed by atoms with E-state index in [1.54, 1.807) is 11.9 Å². The highest BCUT2D eigenvalue weighted by Gasteiger charge is 2.15. The van der Waals surface area contributed by atoms with E-state index in [9.17, 15) is 9.59 Å². The lowest BCUT2D eigenvalue weighted by atomic mass is 10.1. The number of carbonyl (C=O) groups excluding carboxylic acids is 2. The van der Waals surface area contributed by atoms with E-state index in [4.69, 9.17) is 5.73 Å². The number of hydrogen-bond donors (Lipinski definition) is 2. The first-order valence-electron chi connectivity index (χ1n) is 7.67. The number of rotatable bonds is 6. The van der Waals surface area contributed by atoms with Crippen LogP contribution in [0.4, 0.5) is 10.8 Å². The van der Waals surface area contributed by atoms with E-state index in [1.807, 2.05) is 24.3 Å². The second kappa shape index (κ2) is 7.92. The number of carbonyl (C=O) groups is 2. The molecule has 7 heteroatoms. The van der Waals surface area contributed by atoms with Gasteiger partial charge >= 0.3 is 0 Å². The highest BCUT2D eigenvalue weighted by molar-refractivity contribution is 7.15. The highest BCUT2D eigenvalue weighted by Crippen LogP contribution is 2.26. The van der Waals surface area contributed by atoms with Gasteiger partial charge in [0.15, 0.2) is 5.13 Å². The number of anilines is 2. The smallest absolute Gasteiger partial charge is 0.223 e. The molecule has 0 aliphatic heterocycles. The Morgan fingerprint density at radius 1 is 1.21 bits per heavy atom. The largest absolute Gasteiger partial charge is 0.399 e. The van der Waals surface area contributed by atoms with Crippen LogP contribution in [-0.2, 0) is 29.0 Å². The maximum atomic E-state index is 11.5. The van der Waals surface area contributed by atoms with E-state index in [2.05, 4.69) is 10.3 Å². The van der Waals surface area contributed by atoms with E-state index >= 15 is 0 Å². The first kappa shape index (κ1) is 17.9. The third-order valence-corrected chi connectivity index (χ3v) is 4.61. The molecule has 0 unspecified atom stereocenters. The van der Waals surface area contributed by atoms with Crippen LogP contribution in [0.1, 0.15) is 30.0 Å². The van der Waals surface area contributed by atoms with Gasteiger partial charge in [0.2, 0.25) is 11.8 Å². The number of benzene rings is 1. The van der Waals surface area contributed by atoms with Crippen LogP contribution in [0.3, 0.4) is 0 Å². The molecular weight excluding hydrogens is 324 g/mol. The van der Waals surface area contributed by atoms with Gasteiger partial charge in [-0.15, -0.1) is 0 Å². The zero-order valence-electron chi connectivity index (χ0n) is 14.1. The molecule has 2 amide bonds. The molecule has 0 aliphatic rings. The molecule has 24 heavy (non-hydrogen) atoms. The molecule has 0 atom stereocenters. The van der Waals surface area contributed by atoms with Crippen molar-refractivity contribution in [1.29, 1.82) is 0 Å². The molecule has 6 nitrogen and oxygen atoms in total. The number of thiazole rings is 1. The molecule has 0 fully saturated rings. The Morgan fingerprint density at radius 3 is 2.46 bits per heavy atom. The SMILES string of the molecule is CC(=O)Nc1nc(CCc2ccc(N)cc2)c(CN(C)C(C)=O)s1. The number of amides is 2. The summed E-state index contributed by atoms with van der Waals surface area (Å²) in [6, 6.07) is 7.75. The highest BCUT2D eigenvalue weighted by atomic mass is 32.1. The van der Waals surface area contributed by atoms with Crippen LogP contribution >= 0.6 is 11.3 Å². The number of nitrogens with zero attached hydrogens (tertiary/aromatic N) is 2. The van der Waals surface area contributed by atoms with Gasteiger partial charge in [-0.1, -0.05) is 23.5 Å². The molecule has 0 saturated carbocycles. The van der Waals surface area contributed by atoms with E-state index in [1.165, 1.54) is 30.7 Å². The molecule has 0 saturated heterocycles. The lowest BCUT2D eigenvalue weighted by molar-refractivity contribution is -0.128. The van der Waals surface area contributed by atoms with Crippen molar-refractivity contribution in [2.24, 2.45) is 0 Å². The molecule has 0 bridgehead atoms. The summed E-state index contributed by atoms with van der Waals surface area (Å²) >= 11 is 1.41. The van der Waals surface area contributed by atoms with Gasteiger partial charge in [-0.3, -0.25) is 9.59 Å². The lowest BCUT2D eigenvalue weighted by Gasteiger charge is -2.14. The summed E-state index contributed by atoms with van der Waals surface area (Å²) in [4.78, 5) is 29.9. The van der Waals surface area contributed by atoms with E-state index in [0.717, 1.165) is 29.1 Å². The lowest BCUT2D eigenvalue weighted by Crippen LogP contribution is -2.23. The van der Waals surface area contributed by atoms with Crippen LogP contribution in [0.25, 0.3) is 0 Å². The average Bonchev–Trinajstić information content (AvgIpc) is 2.87. The zero-order chi connectivity index (χ0) is 17.7. The summed E-state index contributed by atoms with van der Waals surface area (Å²) in [5.74, 6) is -0.158. The van der Waals surface area contributed by atoms with Crippen LogP contribution < -0.4 is 11.1 Å². The molecule has 2 aromatic rings. The Bertz CT molecular complexity index is 725. The number of aryl methyl sites for hydroxylation is 2. The number of nitrogens with one attached hydrogen (secondary N) is 1. The maximum Gasteiger partial charge on any atom is 0.223 e. The summed E-state index contributed by atoms with van der Waals surface area (Å²) in [6.45, 7) is 3.48. The number of nitrogens with two attached hydrogens (primary N) is 1. The van der Waals surface area contributed by atoms with E-state index < -0.39 is 0 Å². The second-order valence-electron chi connectivity index (χ2n) is 5.69. The van der Waals surface area contributed by atoms with Crippen molar-refractivity contribution in [1.82, 2.24) is 9.88 Å². The van der Waals surface area contributed by atoms with E-state index in [-0.39, 0.29) is 11.8 Å². The molecule has 0 spiro atoms. The van der Waals surface area contributed by atoms with Crippen molar-refractivity contribution in [3.8, 4) is 0 Å². The Balaban J connectivity index is 2.15. The van der Waals surface area contributed by atoms with Gasteiger partial charge in [0.05, 0.1) is 12.2 Å². The number of hydrogen-bond acceptors (Lipinski definition) is 5. The average molecular weight is 346 g/mol. The number of aromatic nitrogens is 1. The molecule has 3 N–H and O–H groups in total. The Kier molecular flexibility index (Phi) is 5.92. The fraction of sp³-hybridized carbons (Fsp3) is 0.353. The van der Waals surface area contributed by atoms with Gasteiger partial charge in [-0.2, -0.15) is 0 Å². The first-order valence-corrected chi connectivity index (χ1v) is 8.49. The molecule has 128 valence electrons. The van der Waals surface area contributed by atoms with E-state index in [0.29, 0.717) is 11.7 Å². The Labute approximate surface area is 145 Å². The van der Waals surface area contributed by atoms with Crippen molar-refractivity contribution in [3.05, 3.63) is 40.4 Å². The second-order valence-corrected chi connectivity index (χ2v) is 6.77. The quantitative estimate of drug-likeness (QED) is 0.786. The zero-order valence-corrected chi connectivity index (χ0v) is 14.9. The van der Waals surface area contributed by atoms with Gasteiger partial charge in [0, 0.05) is 31.5 Å². The van der Waals surface area contributed by atoms with Gasteiger partial charge in [0.25, 0.3) is 0 Å². The predicted molar refractivity (Wildman–Crippen MR) is 96.8 cm³/mol. The van der Waals surface area contributed by atoms with Crippen LogP contribution in [0.2, 0.25) is 0 Å². The van der Waals surface area contributed by atoms with Crippen LogP contribution in [0.15, 0.2) is 24.3 Å². The first-order chi connectivity index (χ1) is 11.3. The molecule has 2 rings (SSSR count). The van der Waals surface area contributed by atoms with Gasteiger partial charge in [-0.25, -0.2) is 4.98 Å². The Hall–Kier alpha value is -2.41. The molecule has 1 aromatic carbocycles. The van der Waals surface area contributed by atoms with Gasteiger partial charge < -0.3 is 16.0 Å². The summed E-state index contributed by atoms with van der Waals surface area (Å²) in [7, 11) is 1.75. The summed E-state index contributed by atoms with van der Waals surface area (Å²) in [5, 5.41) is 3.29. The molecule has 1 aromatic heterocycles.